The first-order chi connectivity index (χ1) is 18.9. The Labute approximate surface area is 226 Å². The van der Waals surface area contributed by atoms with Crippen LogP contribution >= 0.6 is 0 Å². The molecule has 0 saturated carbocycles. The number of ether oxygens (including phenoxy) is 4. The second-order valence-corrected chi connectivity index (χ2v) is 8.50. The van der Waals surface area contributed by atoms with Gasteiger partial charge in [-0.2, -0.15) is 0 Å². The molecule has 39 heavy (non-hydrogen) atoms. The summed E-state index contributed by atoms with van der Waals surface area (Å²) < 4.78 is 21.1. The van der Waals surface area contributed by atoms with Crippen molar-refractivity contribution in [3.05, 3.63) is 95.2 Å². The normalized spacial score (nSPS) is 14.5. The van der Waals surface area contributed by atoms with E-state index in [1.165, 1.54) is 0 Å². The molecular weight excluding hydrogens is 500 g/mol. The van der Waals surface area contributed by atoms with Crippen LogP contribution in [0.25, 0.3) is 0 Å². The molecule has 0 saturated heterocycles. The van der Waals surface area contributed by atoms with Crippen LogP contribution in [-0.4, -0.2) is 45.3 Å². The molecule has 1 unspecified atom stereocenters. The van der Waals surface area contributed by atoms with Crippen LogP contribution in [0.2, 0.25) is 0 Å². The number of anilines is 2. The van der Waals surface area contributed by atoms with Gasteiger partial charge in [-0.25, -0.2) is 9.59 Å². The lowest BCUT2D eigenvalue weighted by molar-refractivity contribution is -0.114. The highest BCUT2D eigenvalue weighted by Crippen LogP contribution is 2.41. The van der Waals surface area contributed by atoms with Gasteiger partial charge in [0.25, 0.3) is 5.91 Å². The van der Waals surface area contributed by atoms with Crippen molar-refractivity contribution in [2.24, 2.45) is 0 Å². The first-order valence-corrected chi connectivity index (χ1v) is 12.5. The molecule has 0 fully saturated rings. The summed E-state index contributed by atoms with van der Waals surface area (Å²) in [5, 5.41) is 3.17. The summed E-state index contributed by atoms with van der Waals surface area (Å²) in [5.74, 6) is 0.0447. The molecule has 1 heterocycles. The number of esters is 2. The molecule has 3 aromatic rings. The molecule has 0 bridgehead atoms. The Hall–Kier alpha value is -4.79. The van der Waals surface area contributed by atoms with Gasteiger partial charge in [-0.15, -0.1) is 0 Å². The number of nitrogens with zero attached hydrogens (tertiary/aromatic N) is 1. The molecule has 1 N–H and O–H groups in total. The predicted molar refractivity (Wildman–Crippen MR) is 146 cm³/mol. The Kier molecular flexibility index (Phi) is 8.50. The second-order valence-electron chi connectivity index (χ2n) is 8.50. The zero-order valence-corrected chi connectivity index (χ0v) is 22.2. The minimum Gasteiger partial charge on any atom is -0.497 e. The lowest BCUT2D eigenvalue weighted by Gasteiger charge is -2.26. The summed E-state index contributed by atoms with van der Waals surface area (Å²) in [4.78, 5) is 39.5. The number of amides is 1. The van der Waals surface area contributed by atoms with Crippen molar-refractivity contribution in [1.29, 1.82) is 0 Å². The van der Waals surface area contributed by atoms with Gasteiger partial charge in [0, 0.05) is 23.0 Å². The van der Waals surface area contributed by atoms with Crippen LogP contribution in [0.5, 0.6) is 11.5 Å². The van der Waals surface area contributed by atoms with Crippen LogP contribution in [-0.2, 0) is 14.3 Å². The lowest BCUT2D eigenvalue weighted by Crippen LogP contribution is -2.31. The van der Waals surface area contributed by atoms with Crippen molar-refractivity contribution in [2.75, 3.05) is 37.7 Å². The van der Waals surface area contributed by atoms with E-state index in [1.807, 2.05) is 12.1 Å². The van der Waals surface area contributed by atoms with Gasteiger partial charge in [-0.1, -0.05) is 0 Å². The standard InChI is InChI=1S/C30H30N2O7/c1-5-38-29(34)19-7-11-21(12-8-19)31-25-18-26(24-16-15-23(36-3)17-27(24)37-4)32(28(25)33)22-13-9-20(10-14-22)30(35)39-6-2/h7-18,26,31H,5-6H2,1-4H3. The maximum absolute atomic E-state index is 13.8. The Morgan fingerprint density at radius 3 is 1.95 bits per heavy atom. The van der Waals surface area contributed by atoms with Crippen molar-refractivity contribution in [2.45, 2.75) is 19.9 Å². The quantitative estimate of drug-likeness (QED) is 0.360. The van der Waals surface area contributed by atoms with Gasteiger partial charge in [-0.3, -0.25) is 9.69 Å². The fourth-order valence-electron chi connectivity index (χ4n) is 4.26. The summed E-state index contributed by atoms with van der Waals surface area (Å²) in [5.41, 5.74) is 3.10. The highest BCUT2D eigenvalue weighted by Gasteiger charge is 2.36. The number of hydrogen-bond acceptors (Lipinski definition) is 8. The minimum atomic E-state index is -0.520. The Balaban J connectivity index is 1.69. The maximum atomic E-state index is 13.8. The predicted octanol–water partition coefficient (Wildman–Crippen LogP) is 5.14. The van der Waals surface area contributed by atoms with Crippen LogP contribution in [0.1, 0.15) is 46.2 Å². The Morgan fingerprint density at radius 2 is 1.41 bits per heavy atom. The monoisotopic (exact) mass is 530 g/mol. The van der Waals surface area contributed by atoms with Gasteiger partial charge in [0.05, 0.1) is 44.6 Å². The number of carbonyl (C=O) groups excluding carboxylic acids is 3. The summed E-state index contributed by atoms with van der Waals surface area (Å²) in [6, 6.07) is 18.2. The third kappa shape index (κ3) is 5.87. The molecule has 1 atom stereocenters. The SMILES string of the molecule is CCOC(=O)c1ccc(NC2=CC(c3ccc(OC)cc3OC)N(c3ccc(C(=O)OCC)cc3)C2=O)cc1. The third-order valence-corrected chi connectivity index (χ3v) is 6.14. The maximum Gasteiger partial charge on any atom is 0.338 e. The molecule has 9 heteroatoms. The number of rotatable bonds is 10. The van der Waals surface area contributed by atoms with Gasteiger partial charge in [0.15, 0.2) is 0 Å². The summed E-state index contributed by atoms with van der Waals surface area (Å²) in [7, 11) is 3.13. The largest absolute Gasteiger partial charge is 0.497 e. The fourth-order valence-corrected chi connectivity index (χ4v) is 4.26. The molecule has 3 aromatic carbocycles. The van der Waals surface area contributed by atoms with E-state index in [2.05, 4.69) is 5.32 Å². The van der Waals surface area contributed by atoms with E-state index in [1.54, 1.807) is 93.6 Å². The van der Waals surface area contributed by atoms with Gasteiger partial charge in [0.2, 0.25) is 0 Å². The number of benzene rings is 3. The molecule has 0 aromatic heterocycles. The van der Waals surface area contributed by atoms with Crippen LogP contribution < -0.4 is 19.7 Å². The van der Waals surface area contributed by atoms with E-state index >= 15 is 0 Å². The van der Waals surface area contributed by atoms with Crippen molar-refractivity contribution < 1.29 is 33.3 Å². The molecule has 202 valence electrons. The van der Waals surface area contributed by atoms with E-state index in [-0.39, 0.29) is 19.1 Å². The van der Waals surface area contributed by atoms with Crippen LogP contribution in [0.4, 0.5) is 11.4 Å². The molecule has 1 aliphatic rings. The molecule has 0 spiro atoms. The van der Waals surface area contributed by atoms with Gasteiger partial charge in [0.1, 0.15) is 17.2 Å². The van der Waals surface area contributed by atoms with E-state index in [9.17, 15) is 14.4 Å². The van der Waals surface area contributed by atoms with Gasteiger partial charge in [-0.05, 0) is 80.6 Å². The topological polar surface area (TPSA) is 103 Å². The lowest BCUT2D eigenvalue weighted by atomic mass is 10.0. The Morgan fingerprint density at radius 1 is 0.821 bits per heavy atom. The molecule has 1 amide bonds. The van der Waals surface area contributed by atoms with E-state index < -0.39 is 18.0 Å². The zero-order valence-electron chi connectivity index (χ0n) is 22.2. The van der Waals surface area contributed by atoms with E-state index in [0.717, 1.165) is 5.56 Å². The van der Waals surface area contributed by atoms with Crippen molar-refractivity contribution in [1.82, 2.24) is 0 Å². The first kappa shape index (κ1) is 27.3. The second kappa shape index (κ2) is 12.2. The minimum absolute atomic E-state index is 0.268. The average Bonchev–Trinajstić information content (AvgIpc) is 3.28. The van der Waals surface area contributed by atoms with Crippen molar-refractivity contribution >= 4 is 29.2 Å². The number of carbonyl (C=O) groups is 3. The van der Waals surface area contributed by atoms with E-state index in [0.29, 0.717) is 39.7 Å². The first-order valence-electron chi connectivity index (χ1n) is 12.5. The van der Waals surface area contributed by atoms with Gasteiger partial charge >= 0.3 is 11.9 Å². The molecule has 4 rings (SSSR count). The highest BCUT2D eigenvalue weighted by molar-refractivity contribution is 6.11. The van der Waals surface area contributed by atoms with Crippen LogP contribution in [0, 0.1) is 0 Å². The smallest absolute Gasteiger partial charge is 0.338 e. The molecule has 1 aliphatic heterocycles. The molecule has 0 aliphatic carbocycles. The molecular formula is C30H30N2O7. The summed E-state index contributed by atoms with van der Waals surface area (Å²) >= 11 is 0. The average molecular weight is 531 g/mol. The number of nitrogens with one attached hydrogen (secondary N) is 1. The molecule has 9 nitrogen and oxygen atoms in total. The van der Waals surface area contributed by atoms with Crippen LogP contribution in [0.3, 0.4) is 0 Å². The Bertz CT molecular complexity index is 1380. The van der Waals surface area contributed by atoms with Gasteiger partial charge < -0.3 is 24.3 Å². The van der Waals surface area contributed by atoms with Crippen LogP contribution in [0.15, 0.2) is 78.5 Å². The third-order valence-electron chi connectivity index (χ3n) is 6.14. The number of hydrogen-bond donors (Lipinski definition) is 1. The van der Waals surface area contributed by atoms with Crippen molar-refractivity contribution in [3.63, 3.8) is 0 Å². The fraction of sp³-hybridized carbons (Fsp3) is 0.233. The highest BCUT2D eigenvalue weighted by atomic mass is 16.5. The van der Waals surface area contributed by atoms with E-state index in [4.69, 9.17) is 18.9 Å². The summed E-state index contributed by atoms with van der Waals surface area (Å²) in [6.07, 6.45) is 1.81. The number of methoxy groups -OCH3 is 2. The zero-order chi connectivity index (χ0) is 27.9. The van der Waals surface area contributed by atoms with Crippen molar-refractivity contribution in [3.8, 4) is 11.5 Å². The molecule has 0 radical (unpaired) electrons. The summed E-state index contributed by atoms with van der Waals surface area (Å²) in [6.45, 7) is 4.04.